The van der Waals surface area contributed by atoms with Crippen LogP contribution >= 0.6 is 15.6 Å². The van der Waals surface area contributed by atoms with Gasteiger partial charge in [0.25, 0.3) is 0 Å². The molecule has 0 rings (SSSR count). The van der Waals surface area contributed by atoms with E-state index in [0.717, 1.165) is 108 Å². The lowest BCUT2D eigenvalue weighted by atomic mass is 9.99. The van der Waals surface area contributed by atoms with Crippen LogP contribution in [-0.4, -0.2) is 96.7 Å². The quantitative estimate of drug-likeness (QED) is 0.0222. The van der Waals surface area contributed by atoms with Crippen LogP contribution in [0.3, 0.4) is 0 Å². The highest BCUT2D eigenvalue weighted by Crippen LogP contribution is 2.45. The molecule has 0 aromatic heterocycles. The van der Waals surface area contributed by atoms with Crippen LogP contribution < -0.4 is 0 Å². The number of aliphatic hydroxyl groups excluding tert-OH is 1. The molecule has 0 aromatic carbocycles. The predicted octanol–water partition coefficient (Wildman–Crippen LogP) is 22.3. The maximum Gasteiger partial charge on any atom is 0.472 e. The van der Waals surface area contributed by atoms with Crippen molar-refractivity contribution in [1.82, 2.24) is 0 Å². The van der Waals surface area contributed by atoms with Gasteiger partial charge in [-0.2, -0.15) is 0 Å². The van der Waals surface area contributed by atoms with E-state index < -0.39 is 97.5 Å². The van der Waals surface area contributed by atoms with E-state index in [1.54, 1.807) is 0 Å². The summed E-state index contributed by atoms with van der Waals surface area (Å²) in [5, 5.41) is 10.6. The Bertz CT molecular complexity index is 1840. The molecular formula is C76H148O17P2. The van der Waals surface area contributed by atoms with Crippen LogP contribution in [0.4, 0.5) is 0 Å². The van der Waals surface area contributed by atoms with Crippen molar-refractivity contribution in [2.45, 2.75) is 413 Å². The molecular weight excluding hydrogens is 1250 g/mol. The molecule has 0 fully saturated rings. The Morgan fingerprint density at radius 2 is 0.505 bits per heavy atom. The summed E-state index contributed by atoms with van der Waals surface area (Å²) in [5.74, 6) is -0.562. The van der Waals surface area contributed by atoms with Crippen LogP contribution in [0.1, 0.15) is 395 Å². The topological polar surface area (TPSA) is 237 Å². The molecule has 0 aliphatic rings. The summed E-state index contributed by atoms with van der Waals surface area (Å²) in [4.78, 5) is 72.4. The number of hydrogen-bond acceptors (Lipinski definition) is 15. The van der Waals surface area contributed by atoms with Crippen LogP contribution in [0.25, 0.3) is 0 Å². The lowest BCUT2D eigenvalue weighted by Crippen LogP contribution is -2.30. The number of phosphoric acid groups is 2. The van der Waals surface area contributed by atoms with Crippen LogP contribution in [-0.2, 0) is 65.4 Å². The second-order valence-electron chi connectivity index (χ2n) is 27.9. The Kier molecular flexibility index (Phi) is 66.5. The summed E-state index contributed by atoms with van der Waals surface area (Å²) < 4.78 is 68.2. The normalized spacial score (nSPS) is 14.6. The Labute approximate surface area is 581 Å². The molecule has 0 aliphatic heterocycles. The third-order valence-electron chi connectivity index (χ3n) is 18.4. The molecule has 0 radical (unpaired) electrons. The minimum absolute atomic E-state index is 0.102. The van der Waals surface area contributed by atoms with Gasteiger partial charge in [-0.15, -0.1) is 0 Å². The zero-order chi connectivity index (χ0) is 70.0. The van der Waals surface area contributed by atoms with Crippen LogP contribution in [0.15, 0.2) is 0 Å². The summed E-state index contributed by atoms with van der Waals surface area (Å²) in [6.07, 6.45) is 56.2. The lowest BCUT2D eigenvalue weighted by molar-refractivity contribution is -0.161. The van der Waals surface area contributed by atoms with E-state index in [-0.39, 0.29) is 25.7 Å². The number of hydrogen-bond donors (Lipinski definition) is 3. The van der Waals surface area contributed by atoms with E-state index in [0.29, 0.717) is 25.7 Å². The van der Waals surface area contributed by atoms with E-state index in [1.165, 1.54) is 205 Å². The average Bonchev–Trinajstić information content (AvgIpc) is 1.87. The lowest BCUT2D eigenvalue weighted by Gasteiger charge is -2.21. The van der Waals surface area contributed by atoms with Gasteiger partial charge >= 0.3 is 39.5 Å². The molecule has 0 saturated carbocycles. The fourth-order valence-corrected chi connectivity index (χ4v) is 13.2. The predicted molar refractivity (Wildman–Crippen MR) is 386 cm³/mol. The van der Waals surface area contributed by atoms with Crippen LogP contribution in [0.2, 0.25) is 0 Å². The Morgan fingerprint density at radius 1 is 0.295 bits per heavy atom. The smallest absolute Gasteiger partial charge is 0.462 e. The van der Waals surface area contributed by atoms with Gasteiger partial charge in [0, 0.05) is 25.7 Å². The summed E-state index contributed by atoms with van der Waals surface area (Å²) in [6.45, 7) is 9.50. The van der Waals surface area contributed by atoms with Gasteiger partial charge in [0.15, 0.2) is 12.2 Å². The van der Waals surface area contributed by atoms with Gasteiger partial charge in [-0.1, -0.05) is 343 Å². The second-order valence-corrected chi connectivity index (χ2v) is 30.8. The second kappa shape index (κ2) is 67.9. The number of ether oxygens (including phenoxy) is 4. The van der Waals surface area contributed by atoms with E-state index in [9.17, 15) is 43.2 Å². The van der Waals surface area contributed by atoms with E-state index in [2.05, 4.69) is 41.5 Å². The number of aliphatic hydroxyl groups is 1. The Hall–Kier alpha value is -1.94. The molecule has 0 spiro atoms. The molecule has 4 unspecified atom stereocenters. The van der Waals surface area contributed by atoms with Crippen molar-refractivity contribution in [1.29, 1.82) is 0 Å². The first kappa shape index (κ1) is 93.1. The summed E-state index contributed by atoms with van der Waals surface area (Å²) in [6, 6.07) is 0. The third-order valence-corrected chi connectivity index (χ3v) is 20.3. The molecule has 19 heteroatoms. The SMILES string of the molecule is CCCCCCCCCCCCCCCCCCCCCCCCC(=O)O[C@H](COC(=O)CCCCCCCCCCCCCCCCC(C)CC)COP(=O)(O)OC[C@@H](O)COP(=O)(O)OC[C@@H](COC(=O)CCCCCCC)OC(=O)CCCCCCCCC(C)CC. The van der Waals surface area contributed by atoms with Gasteiger partial charge in [0.2, 0.25) is 0 Å². The molecule has 7 atom stereocenters. The fourth-order valence-electron chi connectivity index (χ4n) is 11.6. The van der Waals surface area contributed by atoms with Crippen molar-refractivity contribution < 1.29 is 80.2 Å². The van der Waals surface area contributed by atoms with Crippen molar-refractivity contribution in [2.75, 3.05) is 39.6 Å². The number of carbonyl (C=O) groups excluding carboxylic acids is 4. The third kappa shape index (κ3) is 67.6. The van der Waals surface area contributed by atoms with Crippen LogP contribution in [0, 0.1) is 11.8 Å². The first-order valence-corrected chi connectivity index (χ1v) is 42.6. The molecule has 0 aliphatic carbocycles. The average molecular weight is 1400 g/mol. The maximum atomic E-state index is 13.1. The number of phosphoric ester groups is 2. The zero-order valence-electron chi connectivity index (χ0n) is 62.0. The Morgan fingerprint density at radius 3 is 0.747 bits per heavy atom. The number of rotatable bonds is 75. The minimum Gasteiger partial charge on any atom is -0.462 e. The molecule has 0 amide bonds. The van der Waals surface area contributed by atoms with Gasteiger partial charge in [0.05, 0.1) is 26.4 Å². The molecule has 3 N–H and O–H groups in total. The summed E-state index contributed by atoms with van der Waals surface area (Å²) in [5.41, 5.74) is 0. The number of esters is 4. The maximum absolute atomic E-state index is 13.1. The van der Waals surface area contributed by atoms with Gasteiger partial charge in [0.1, 0.15) is 19.3 Å². The first-order chi connectivity index (χ1) is 45.9. The van der Waals surface area contributed by atoms with E-state index in [4.69, 9.17) is 37.0 Å². The van der Waals surface area contributed by atoms with Crippen molar-refractivity contribution in [2.24, 2.45) is 11.8 Å². The first-order valence-electron chi connectivity index (χ1n) is 39.6. The zero-order valence-corrected chi connectivity index (χ0v) is 63.8. The molecule has 0 heterocycles. The van der Waals surface area contributed by atoms with Crippen LogP contribution in [0.5, 0.6) is 0 Å². The highest BCUT2D eigenvalue weighted by molar-refractivity contribution is 7.47. The summed E-state index contributed by atoms with van der Waals surface area (Å²) in [7, 11) is -9.90. The number of unbranched alkanes of at least 4 members (excludes halogenated alkanes) is 43. The van der Waals surface area contributed by atoms with Gasteiger partial charge < -0.3 is 33.8 Å². The standard InChI is InChI=1S/C76H148O17P2/c1-7-11-13-15-16-17-18-19-20-21-22-23-24-25-26-27-32-35-38-41-48-54-60-75(80)92-72(65-87-74(79)59-53-47-40-37-34-31-29-28-30-33-36-39-45-50-56-68(5)9-3)67-91-95(84,85)89-63-70(77)62-88-94(82,83)90-66-71(64-86-73(78)58-52-44-14-12-8-2)93-76(81)61-55-49-43-42-46-51-57-69(6)10-4/h68-72,77H,7-67H2,1-6H3,(H,82,83)(H,84,85)/t68?,69?,70-,71+,72+/m0/s1. The molecule has 0 aromatic rings. The highest BCUT2D eigenvalue weighted by atomic mass is 31.2. The van der Waals surface area contributed by atoms with Crippen molar-refractivity contribution in [3.05, 3.63) is 0 Å². The molecule has 0 saturated heterocycles. The molecule has 17 nitrogen and oxygen atoms in total. The Balaban J connectivity index is 5.11. The van der Waals surface area contributed by atoms with Gasteiger partial charge in [-0.3, -0.25) is 37.3 Å². The van der Waals surface area contributed by atoms with Gasteiger partial charge in [-0.05, 0) is 37.5 Å². The van der Waals surface area contributed by atoms with Crippen molar-refractivity contribution in [3.63, 3.8) is 0 Å². The number of carbonyl (C=O) groups is 4. The van der Waals surface area contributed by atoms with Crippen molar-refractivity contribution >= 4 is 39.5 Å². The van der Waals surface area contributed by atoms with E-state index >= 15 is 0 Å². The molecule has 95 heavy (non-hydrogen) atoms. The van der Waals surface area contributed by atoms with E-state index in [1.807, 2.05) is 0 Å². The molecule has 0 bridgehead atoms. The monoisotopic (exact) mass is 1400 g/mol. The van der Waals surface area contributed by atoms with Crippen molar-refractivity contribution in [3.8, 4) is 0 Å². The minimum atomic E-state index is -4.96. The highest BCUT2D eigenvalue weighted by Gasteiger charge is 2.30. The molecule has 564 valence electrons. The van der Waals surface area contributed by atoms with Gasteiger partial charge in [-0.25, -0.2) is 9.13 Å². The largest absolute Gasteiger partial charge is 0.472 e. The fraction of sp³-hybridized carbons (Fsp3) is 0.947. The summed E-state index contributed by atoms with van der Waals surface area (Å²) >= 11 is 0.